The van der Waals surface area contributed by atoms with Gasteiger partial charge < -0.3 is 4.42 Å². The molecule has 0 spiro atoms. The Kier molecular flexibility index (Phi) is 5.25. The lowest BCUT2D eigenvalue weighted by Gasteiger charge is -2.12. The van der Waals surface area contributed by atoms with Crippen LogP contribution in [0, 0.1) is 0 Å². The zero-order chi connectivity index (χ0) is 30.2. The van der Waals surface area contributed by atoms with Crippen molar-refractivity contribution in [2.24, 2.45) is 0 Å². The normalized spacial score (nSPS) is 11.9. The third-order valence-corrected chi connectivity index (χ3v) is 9.19. The average Bonchev–Trinajstić information content (AvgIpc) is 3.66. The van der Waals surface area contributed by atoms with Gasteiger partial charge in [-0.2, -0.15) is 0 Å². The van der Waals surface area contributed by atoms with Gasteiger partial charge in [0.25, 0.3) is 0 Å². The Labute approximate surface area is 263 Å². The van der Waals surface area contributed by atoms with Gasteiger partial charge in [-0.05, 0) is 45.8 Å². The van der Waals surface area contributed by atoms with Crippen molar-refractivity contribution in [3.8, 4) is 28.5 Å². The first kappa shape index (κ1) is 25.1. The second-order valence-electron chi connectivity index (χ2n) is 11.8. The molecule has 3 aromatic heterocycles. The number of benzene rings is 7. The number of hydrogen-bond donors (Lipinski definition) is 0. The third kappa shape index (κ3) is 3.67. The average molecular weight is 588 g/mol. The quantitative estimate of drug-likeness (QED) is 0.207. The largest absolute Gasteiger partial charge is 0.456 e. The second kappa shape index (κ2) is 9.62. The van der Waals surface area contributed by atoms with Crippen LogP contribution >= 0.6 is 0 Å². The van der Waals surface area contributed by atoms with Gasteiger partial charge in [-0.3, -0.25) is 4.57 Å². The van der Waals surface area contributed by atoms with E-state index in [1.807, 2.05) is 36.4 Å². The molecule has 10 rings (SSSR count). The Morgan fingerprint density at radius 1 is 0.413 bits per heavy atom. The summed E-state index contributed by atoms with van der Waals surface area (Å²) >= 11 is 0. The highest BCUT2D eigenvalue weighted by molar-refractivity contribution is 6.26. The molecule has 46 heavy (non-hydrogen) atoms. The molecule has 4 nitrogen and oxygen atoms in total. The number of nitrogens with zero attached hydrogens (tertiary/aromatic N) is 3. The number of rotatable bonds is 3. The molecular weight excluding hydrogens is 562 g/mol. The summed E-state index contributed by atoms with van der Waals surface area (Å²) in [6.45, 7) is 0. The van der Waals surface area contributed by atoms with E-state index in [1.54, 1.807) is 0 Å². The monoisotopic (exact) mass is 587 g/mol. The first-order chi connectivity index (χ1) is 22.8. The number of fused-ring (bicyclic) bond motifs is 10. The Hall–Kier alpha value is -6.26. The molecule has 0 aliphatic heterocycles. The molecule has 0 amide bonds. The molecule has 0 bridgehead atoms. The second-order valence-corrected chi connectivity index (χ2v) is 11.8. The number of hydrogen-bond acceptors (Lipinski definition) is 3. The molecule has 7 aromatic carbocycles. The predicted molar refractivity (Wildman–Crippen MR) is 190 cm³/mol. The Bertz CT molecular complexity index is 2740. The summed E-state index contributed by atoms with van der Waals surface area (Å²) < 4.78 is 8.78. The highest BCUT2D eigenvalue weighted by Crippen LogP contribution is 2.42. The maximum absolute atomic E-state index is 6.57. The van der Waals surface area contributed by atoms with E-state index in [2.05, 4.69) is 120 Å². The molecule has 0 fully saturated rings. The molecule has 0 aliphatic carbocycles. The van der Waals surface area contributed by atoms with Crippen LogP contribution < -0.4 is 0 Å². The van der Waals surface area contributed by atoms with E-state index in [1.165, 1.54) is 26.9 Å². The van der Waals surface area contributed by atoms with Crippen LogP contribution in [-0.4, -0.2) is 14.5 Å². The van der Waals surface area contributed by atoms with Crippen molar-refractivity contribution in [2.75, 3.05) is 0 Å². The zero-order valence-corrected chi connectivity index (χ0v) is 24.7. The van der Waals surface area contributed by atoms with Crippen LogP contribution in [0.15, 0.2) is 156 Å². The van der Waals surface area contributed by atoms with E-state index >= 15 is 0 Å². The molecule has 214 valence electrons. The fraction of sp³-hybridized carbons (Fsp3) is 0. The molecule has 0 saturated heterocycles. The van der Waals surface area contributed by atoms with Gasteiger partial charge in [0.05, 0.1) is 22.4 Å². The van der Waals surface area contributed by atoms with Gasteiger partial charge in [0.15, 0.2) is 0 Å². The topological polar surface area (TPSA) is 43.9 Å². The van der Waals surface area contributed by atoms with Crippen molar-refractivity contribution in [1.82, 2.24) is 14.5 Å². The molecule has 0 radical (unpaired) electrons. The lowest BCUT2D eigenvalue weighted by molar-refractivity contribution is 0.669. The summed E-state index contributed by atoms with van der Waals surface area (Å²) in [6, 6.07) is 53.0. The van der Waals surface area contributed by atoms with E-state index in [4.69, 9.17) is 14.4 Å². The minimum atomic E-state index is 0.622. The summed E-state index contributed by atoms with van der Waals surface area (Å²) in [7, 11) is 0. The summed E-state index contributed by atoms with van der Waals surface area (Å²) in [6.07, 6.45) is 0. The molecule has 0 N–H and O–H groups in total. The summed E-state index contributed by atoms with van der Waals surface area (Å²) in [5.41, 5.74) is 7.62. The van der Waals surface area contributed by atoms with E-state index in [9.17, 15) is 0 Å². The molecule has 0 unspecified atom stereocenters. The fourth-order valence-corrected chi connectivity index (χ4v) is 7.09. The molecular formula is C42H25N3O. The van der Waals surface area contributed by atoms with Crippen molar-refractivity contribution in [3.05, 3.63) is 152 Å². The summed E-state index contributed by atoms with van der Waals surface area (Å²) in [4.78, 5) is 10.5. The molecule has 10 aromatic rings. The van der Waals surface area contributed by atoms with Gasteiger partial charge in [-0.25, -0.2) is 9.97 Å². The van der Waals surface area contributed by atoms with E-state index in [0.29, 0.717) is 5.95 Å². The maximum atomic E-state index is 6.57. The van der Waals surface area contributed by atoms with E-state index in [0.717, 1.165) is 60.9 Å². The summed E-state index contributed by atoms with van der Waals surface area (Å²) in [5, 5.41) is 9.36. The van der Waals surface area contributed by atoms with E-state index < -0.39 is 0 Å². The zero-order valence-electron chi connectivity index (χ0n) is 24.7. The third-order valence-electron chi connectivity index (χ3n) is 9.19. The lowest BCUT2D eigenvalue weighted by Crippen LogP contribution is -2.04. The lowest BCUT2D eigenvalue weighted by atomic mass is 10.0. The maximum Gasteiger partial charge on any atom is 0.235 e. The van der Waals surface area contributed by atoms with Crippen LogP contribution in [0.25, 0.3) is 93.8 Å². The van der Waals surface area contributed by atoms with Crippen LogP contribution in [0.3, 0.4) is 0 Å². The van der Waals surface area contributed by atoms with Crippen LogP contribution in [0.4, 0.5) is 0 Å². The van der Waals surface area contributed by atoms with Crippen LogP contribution in [-0.2, 0) is 0 Å². The van der Waals surface area contributed by atoms with Gasteiger partial charge in [-0.15, -0.1) is 0 Å². The van der Waals surface area contributed by atoms with Gasteiger partial charge >= 0.3 is 0 Å². The highest BCUT2D eigenvalue weighted by atomic mass is 16.3. The van der Waals surface area contributed by atoms with Gasteiger partial charge in [0.2, 0.25) is 5.95 Å². The fourth-order valence-electron chi connectivity index (χ4n) is 7.09. The molecule has 4 heteroatoms. The number of aromatic nitrogens is 3. The van der Waals surface area contributed by atoms with Crippen molar-refractivity contribution in [2.45, 2.75) is 0 Å². The van der Waals surface area contributed by atoms with Gasteiger partial charge in [0, 0.05) is 38.7 Å². The first-order valence-corrected chi connectivity index (χ1v) is 15.5. The standard InChI is InChI=1S/C42H25N3O/c1-3-13-28(14-4-1)34-24-35(29-15-5-2-6-16-29)44-42(43-34)45-36-21-19-26-11-7-9-17-30(26)40(36)32-23-33-39(25-37(32)45)46-38-22-20-27-12-8-10-18-31(27)41(33)38/h1-25H. The van der Waals surface area contributed by atoms with Crippen LogP contribution in [0.2, 0.25) is 0 Å². The SMILES string of the molecule is c1ccc(-c2cc(-c3ccccc3)nc(-n3c4cc5oc6ccc7ccccc7c6c5cc4c4c5ccccc5ccc43)n2)cc1. The Balaban J connectivity index is 1.37. The van der Waals surface area contributed by atoms with Crippen LogP contribution in [0.1, 0.15) is 0 Å². The van der Waals surface area contributed by atoms with Gasteiger partial charge in [0.1, 0.15) is 11.2 Å². The molecule has 0 atom stereocenters. The molecule has 0 aliphatic rings. The number of furan rings is 1. The minimum absolute atomic E-state index is 0.622. The van der Waals surface area contributed by atoms with Crippen molar-refractivity contribution in [1.29, 1.82) is 0 Å². The van der Waals surface area contributed by atoms with Gasteiger partial charge in [-0.1, -0.05) is 121 Å². The van der Waals surface area contributed by atoms with E-state index in [-0.39, 0.29) is 0 Å². The Morgan fingerprint density at radius 3 is 1.67 bits per heavy atom. The highest BCUT2D eigenvalue weighted by Gasteiger charge is 2.21. The van der Waals surface area contributed by atoms with Crippen molar-refractivity contribution < 1.29 is 4.42 Å². The van der Waals surface area contributed by atoms with Crippen molar-refractivity contribution >= 4 is 65.3 Å². The smallest absolute Gasteiger partial charge is 0.235 e. The minimum Gasteiger partial charge on any atom is -0.456 e. The summed E-state index contributed by atoms with van der Waals surface area (Å²) in [5.74, 6) is 0.622. The van der Waals surface area contributed by atoms with Crippen LogP contribution in [0.5, 0.6) is 0 Å². The Morgan fingerprint density at radius 2 is 1.00 bits per heavy atom. The molecule has 0 saturated carbocycles. The van der Waals surface area contributed by atoms with Crippen molar-refractivity contribution in [3.63, 3.8) is 0 Å². The first-order valence-electron chi connectivity index (χ1n) is 15.5. The molecule has 3 heterocycles. The predicted octanol–water partition coefficient (Wildman–Crippen LogP) is 11.1.